The number of ether oxygens (including phenoxy) is 2. The molecule has 1 fully saturated rings. The van der Waals surface area contributed by atoms with Crippen LogP contribution in [0.1, 0.15) is 47.9 Å². The maximum atomic E-state index is 16.0. The van der Waals surface area contributed by atoms with Gasteiger partial charge in [0.25, 0.3) is 0 Å². The van der Waals surface area contributed by atoms with Crippen LogP contribution in [0.25, 0.3) is 11.1 Å². The van der Waals surface area contributed by atoms with Crippen LogP contribution < -0.4 is 20.8 Å². The third kappa shape index (κ3) is 4.98. The SMILES string of the molecule is CO[C@H]1CN(c2ccc3c(c2-c2c(P(=O)(c4ccccc4)c4ccccc4)ccc4c2CCCC4)CCCC3)C[C@@H]1OC. The fourth-order valence-electron chi connectivity index (χ4n) is 7.81. The highest BCUT2D eigenvalue weighted by Crippen LogP contribution is 2.50. The van der Waals surface area contributed by atoms with Crippen molar-refractivity contribution in [2.45, 2.75) is 63.6 Å². The van der Waals surface area contributed by atoms with Gasteiger partial charge in [0.15, 0.2) is 7.14 Å². The summed E-state index contributed by atoms with van der Waals surface area (Å²) < 4.78 is 27.8. The van der Waals surface area contributed by atoms with Gasteiger partial charge in [0.2, 0.25) is 0 Å². The predicted octanol–water partition coefficient (Wildman–Crippen LogP) is 6.60. The Morgan fingerprint density at radius 2 is 1.09 bits per heavy atom. The second-order valence-corrected chi connectivity index (χ2v) is 15.1. The molecular weight excluding hydrogens is 549 g/mol. The lowest BCUT2D eigenvalue weighted by atomic mass is 9.80. The van der Waals surface area contributed by atoms with E-state index in [4.69, 9.17) is 9.47 Å². The van der Waals surface area contributed by atoms with Gasteiger partial charge in [-0.15, -0.1) is 0 Å². The predicted molar refractivity (Wildman–Crippen MR) is 178 cm³/mol. The zero-order valence-corrected chi connectivity index (χ0v) is 26.3. The summed E-state index contributed by atoms with van der Waals surface area (Å²) >= 11 is 0. The van der Waals surface area contributed by atoms with Gasteiger partial charge < -0.3 is 18.9 Å². The van der Waals surface area contributed by atoms with E-state index in [9.17, 15) is 0 Å². The van der Waals surface area contributed by atoms with Crippen molar-refractivity contribution < 1.29 is 14.0 Å². The van der Waals surface area contributed by atoms with E-state index >= 15 is 4.57 Å². The zero-order valence-electron chi connectivity index (χ0n) is 25.4. The van der Waals surface area contributed by atoms with E-state index in [2.05, 4.69) is 53.4 Å². The first-order chi connectivity index (χ1) is 21.1. The van der Waals surface area contributed by atoms with E-state index in [1.807, 2.05) is 36.4 Å². The molecule has 4 aromatic rings. The van der Waals surface area contributed by atoms with Crippen LogP contribution in [0.15, 0.2) is 84.9 Å². The molecule has 43 heavy (non-hydrogen) atoms. The molecule has 5 heteroatoms. The molecule has 0 spiro atoms. The summed E-state index contributed by atoms with van der Waals surface area (Å²) in [5.74, 6) is 0. The number of anilines is 1. The van der Waals surface area contributed by atoms with Gasteiger partial charge >= 0.3 is 0 Å². The van der Waals surface area contributed by atoms with Crippen LogP contribution in [-0.2, 0) is 39.7 Å². The van der Waals surface area contributed by atoms with Crippen LogP contribution in [0, 0.1) is 0 Å². The van der Waals surface area contributed by atoms with E-state index in [-0.39, 0.29) is 12.2 Å². The number of benzene rings is 4. The first kappa shape index (κ1) is 28.6. The summed E-state index contributed by atoms with van der Waals surface area (Å²) in [6.07, 6.45) is 9.05. The van der Waals surface area contributed by atoms with Crippen molar-refractivity contribution in [3.05, 3.63) is 107 Å². The van der Waals surface area contributed by atoms with E-state index in [0.717, 1.165) is 61.1 Å². The monoisotopic (exact) mass is 591 g/mol. The highest BCUT2D eigenvalue weighted by Gasteiger charge is 2.39. The Morgan fingerprint density at radius 3 is 1.63 bits per heavy atom. The lowest BCUT2D eigenvalue weighted by molar-refractivity contribution is -0.00461. The molecule has 0 unspecified atom stereocenters. The maximum absolute atomic E-state index is 16.0. The fourth-order valence-corrected chi connectivity index (χ4v) is 10.7. The van der Waals surface area contributed by atoms with Gasteiger partial charge in [-0.1, -0.05) is 72.8 Å². The van der Waals surface area contributed by atoms with Crippen LogP contribution >= 0.6 is 7.14 Å². The zero-order chi connectivity index (χ0) is 29.4. The van der Waals surface area contributed by atoms with Gasteiger partial charge in [0.05, 0.1) is 0 Å². The van der Waals surface area contributed by atoms with Crippen molar-refractivity contribution in [3.63, 3.8) is 0 Å². The van der Waals surface area contributed by atoms with Gasteiger partial charge in [0.1, 0.15) is 12.2 Å². The Hall–Kier alpha value is -3.17. The molecule has 222 valence electrons. The van der Waals surface area contributed by atoms with Crippen LogP contribution in [0.2, 0.25) is 0 Å². The van der Waals surface area contributed by atoms with Gasteiger partial charge in [-0.3, -0.25) is 0 Å². The largest absolute Gasteiger partial charge is 0.377 e. The summed E-state index contributed by atoms with van der Waals surface area (Å²) in [5.41, 5.74) is 9.50. The molecule has 1 aliphatic heterocycles. The summed E-state index contributed by atoms with van der Waals surface area (Å²) in [5, 5.41) is 2.77. The maximum Gasteiger partial charge on any atom is 0.171 e. The van der Waals surface area contributed by atoms with E-state index in [1.165, 1.54) is 58.3 Å². The third-order valence-corrected chi connectivity index (χ3v) is 13.1. The normalized spacial score (nSPS) is 20.1. The minimum atomic E-state index is -3.22. The molecule has 3 aliphatic rings. The van der Waals surface area contributed by atoms with Crippen LogP contribution in [-0.4, -0.2) is 39.5 Å². The molecule has 0 amide bonds. The van der Waals surface area contributed by atoms with Crippen molar-refractivity contribution in [2.75, 3.05) is 32.2 Å². The Kier molecular flexibility index (Phi) is 8.03. The Bertz CT molecular complexity index is 1600. The molecule has 1 heterocycles. The third-order valence-electron chi connectivity index (χ3n) is 10.0. The highest BCUT2D eigenvalue weighted by molar-refractivity contribution is 7.85. The molecule has 7 rings (SSSR count). The average molecular weight is 592 g/mol. The molecular formula is C38H42NO3P. The minimum absolute atomic E-state index is 0.0118. The first-order valence-electron chi connectivity index (χ1n) is 16.0. The fraction of sp³-hybridized carbons (Fsp3) is 0.368. The second-order valence-electron chi connectivity index (χ2n) is 12.3. The highest BCUT2D eigenvalue weighted by atomic mass is 31.2. The van der Waals surface area contributed by atoms with Crippen molar-refractivity contribution in [1.82, 2.24) is 0 Å². The Labute approximate surface area is 256 Å². The van der Waals surface area contributed by atoms with Crippen molar-refractivity contribution in [2.24, 2.45) is 0 Å². The number of aryl methyl sites for hydroxylation is 2. The molecule has 0 radical (unpaired) electrons. The van der Waals surface area contributed by atoms with Gasteiger partial charge in [-0.05, 0) is 91.3 Å². The summed E-state index contributed by atoms with van der Waals surface area (Å²) in [6, 6.07) is 29.6. The lowest BCUT2D eigenvalue weighted by Crippen LogP contribution is -2.29. The molecule has 4 nitrogen and oxygen atoms in total. The number of hydrogen-bond donors (Lipinski definition) is 0. The van der Waals surface area contributed by atoms with E-state index in [1.54, 1.807) is 14.2 Å². The Morgan fingerprint density at radius 1 is 0.605 bits per heavy atom. The molecule has 0 N–H and O–H groups in total. The summed E-state index contributed by atoms with van der Waals surface area (Å²) in [7, 11) is 0.358. The van der Waals surface area contributed by atoms with Crippen molar-refractivity contribution >= 4 is 28.7 Å². The number of methoxy groups -OCH3 is 2. The molecule has 2 atom stereocenters. The van der Waals surface area contributed by atoms with Crippen molar-refractivity contribution in [3.8, 4) is 11.1 Å². The van der Waals surface area contributed by atoms with Crippen LogP contribution in [0.5, 0.6) is 0 Å². The number of fused-ring (bicyclic) bond motifs is 2. The number of rotatable bonds is 7. The first-order valence-corrected chi connectivity index (χ1v) is 17.7. The van der Waals surface area contributed by atoms with Gasteiger partial charge in [-0.25, -0.2) is 0 Å². The van der Waals surface area contributed by atoms with E-state index < -0.39 is 7.14 Å². The molecule has 0 saturated carbocycles. The van der Waals surface area contributed by atoms with E-state index in [0.29, 0.717) is 0 Å². The second kappa shape index (κ2) is 12.1. The standard InChI is InChI=1S/C38H42NO3P/c1-41-34-25-39(26-35(34)42-2)33-23-21-27-13-9-11-19-31(27)37(33)38-32-20-12-10-14-28(32)22-24-36(38)43(40,29-15-5-3-6-16-29)30-17-7-4-8-18-30/h3-8,15-18,21-24,34-35H,9-14,19-20,25-26H2,1-2H3/t34-,35-/m0/s1. The summed E-state index contributed by atoms with van der Waals surface area (Å²) in [4.78, 5) is 2.47. The Balaban J connectivity index is 1.55. The molecule has 1 saturated heterocycles. The van der Waals surface area contributed by atoms with Gasteiger partial charge in [-0.2, -0.15) is 0 Å². The van der Waals surface area contributed by atoms with Crippen LogP contribution in [0.3, 0.4) is 0 Å². The lowest BCUT2D eigenvalue weighted by Gasteiger charge is -2.33. The summed E-state index contributed by atoms with van der Waals surface area (Å²) in [6.45, 7) is 1.56. The molecule has 0 bridgehead atoms. The topological polar surface area (TPSA) is 38.8 Å². The molecule has 4 aromatic carbocycles. The van der Waals surface area contributed by atoms with Crippen molar-refractivity contribution in [1.29, 1.82) is 0 Å². The molecule has 2 aliphatic carbocycles. The number of hydrogen-bond acceptors (Lipinski definition) is 4. The quantitative estimate of drug-likeness (QED) is 0.227. The number of nitrogens with zero attached hydrogens (tertiary/aromatic N) is 1. The molecule has 0 aromatic heterocycles. The smallest absolute Gasteiger partial charge is 0.171 e. The van der Waals surface area contributed by atoms with Crippen LogP contribution in [0.4, 0.5) is 5.69 Å². The van der Waals surface area contributed by atoms with Gasteiger partial charge in [0, 0.05) is 54.5 Å². The minimum Gasteiger partial charge on any atom is -0.377 e. The average Bonchev–Trinajstić information content (AvgIpc) is 3.51.